The summed E-state index contributed by atoms with van der Waals surface area (Å²) in [5.74, 6) is -0.423. The molecule has 0 aromatic rings. The minimum absolute atomic E-state index is 0.0539. The summed E-state index contributed by atoms with van der Waals surface area (Å²) in [4.78, 5) is 0.943. The molecule has 1 atom stereocenters. The number of hydrogen-bond donors (Lipinski definition) is 0. The van der Waals surface area contributed by atoms with Crippen molar-refractivity contribution in [3.05, 3.63) is 11.9 Å². The number of nitrogens with zero attached hydrogens (tertiary/aromatic N) is 1. The molecule has 2 aliphatic rings. The third-order valence-corrected chi connectivity index (χ3v) is 2.66. The molecule has 2 heteroatoms. The van der Waals surface area contributed by atoms with Crippen molar-refractivity contribution in [1.82, 2.24) is 4.90 Å². The molecule has 0 N–H and O–H groups in total. The molecule has 2 aliphatic heterocycles. The van der Waals surface area contributed by atoms with Crippen LogP contribution >= 0.6 is 0 Å². The topological polar surface area (TPSA) is 3.24 Å². The number of halogens is 1. The molecule has 2 heterocycles. The van der Waals surface area contributed by atoms with E-state index in [2.05, 4.69) is 0 Å². The lowest BCUT2D eigenvalue weighted by molar-refractivity contribution is 0.163. The van der Waals surface area contributed by atoms with Crippen molar-refractivity contribution in [1.29, 1.82) is 0 Å². The van der Waals surface area contributed by atoms with Crippen molar-refractivity contribution >= 4 is 0 Å². The van der Waals surface area contributed by atoms with E-state index in [1.165, 1.54) is 0 Å². The predicted octanol–water partition coefficient (Wildman–Crippen LogP) is 3.12. The molecule has 2 rings (SSSR count). The van der Waals surface area contributed by atoms with Gasteiger partial charge in [0.15, 0.2) is 0 Å². The Balaban J connectivity index is 2.64. The summed E-state index contributed by atoms with van der Waals surface area (Å²) >= 11 is 0. The van der Waals surface area contributed by atoms with Crippen LogP contribution in [0.3, 0.4) is 0 Å². The molecule has 0 spiro atoms. The first-order chi connectivity index (χ1) is 8.93. The normalized spacial score (nSPS) is 50.4. The Morgan fingerprint density at radius 2 is 2.57 bits per heavy atom. The largest absolute Gasteiger partial charge is 0.293 e. The van der Waals surface area contributed by atoms with Crippen LogP contribution in [0.15, 0.2) is 11.9 Å². The van der Waals surface area contributed by atoms with Crippen molar-refractivity contribution in [2.24, 2.45) is 5.92 Å². The van der Waals surface area contributed by atoms with E-state index in [-0.39, 0.29) is 31.2 Å². The van der Waals surface area contributed by atoms with Gasteiger partial charge in [0, 0.05) is 20.3 Å². The average molecular weight is 203 g/mol. The van der Waals surface area contributed by atoms with Crippen LogP contribution in [0, 0.1) is 5.92 Å². The van der Waals surface area contributed by atoms with Gasteiger partial charge in [-0.15, -0.1) is 0 Å². The van der Waals surface area contributed by atoms with Gasteiger partial charge in [0.2, 0.25) is 0 Å². The van der Waals surface area contributed by atoms with Gasteiger partial charge in [-0.05, 0) is 43.6 Å². The van der Waals surface area contributed by atoms with E-state index in [4.69, 9.17) is 8.22 Å². The maximum absolute atomic E-state index is 13.0. The monoisotopic (exact) mass is 203 g/mol. The fourth-order valence-electron chi connectivity index (χ4n) is 2.24. The Bertz CT molecular complexity index is 447. The molecule has 0 saturated carbocycles. The van der Waals surface area contributed by atoms with Crippen molar-refractivity contribution in [3.8, 4) is 0 Å². The third-order valence-electron chi connectivity index (χ3n) is 2.66. The molecule has 0 unspecified atom stereocenters. The fraction of sp³-hybridized carbons (Fsp3) is 0.833. The van der Waals surface area contributed by atoms with Gasteiger partial charge in [-0.3, -0.25) is 4.90 Å². The van der Waals surface area contributed by atoms with Gasteiger partial charge >= 0.3 is 0 Å². The van der Waals surface area contributed by atoms with Crippen LogP contribution in [-0.2, 0) is 0 Å². The van der Waals surface area contributed by atoms with E-state index < -0.39 is 30.8 Å². The molecule has 0 radical (unpaired) electrons. The SMILES string of the molecule is [2H]C1([2H])CC[C@@]2(C([2H])([2H])C(C)C)C/C(=C/F)C([2H])([2H])N12. The van der Waals surface area contributed by atoms with Gasteiger partial charge < -0.3 is 0 Å². The Kier molecular flexibility index (Phi) is 1.33. The van der Waals surface area contributed by atoms with Gasteiger partial charge in [0.25, 0.3) is 0 Å². The molecule has 14 heavy (non-hydrogen) atoms. The summed E-state index contributed by atoms with van der Waals surface area (Å²) < 4.78 is 61.9. The Hall–Kier alpha value is -0.370. The highest BCUT2D eigenvalue weighted by molar-refractivity contribution is 5.18. The van der Waals surface area contributed by atoms with Gasteiger partial charge in [0.1, 0.15) is 0 Å². The zero-order valence-electron chi connectivity index (χ0n) is 14.6. The van der Waals surface area contributed by atoms with Gasteiger partial charge in [-0.2, -0.15) is 0 Å². The van der Waals surface area contributed by atoms with E-state index in [9.17, 15) is 4.39 Å². The van der Waals surface area contributed by atoms with Crippen molar-refractivity contribution in [3.63, 3.8) is 0 Å². The van der Waals surface area contributed by atoms with Crippen LogP contribution in [0.25, 0.3) is 0 Å². The second-order valence-electron chi connectivity index (χ2n) is 4.25. The molecule has 0 aromatic carbocycles. The van der Waals surface area contributed by atoms with Gasteiger partial charge in [0.05, 0.1) is 6.33 Å². The molecular weight excluding hydrogens is 177 g/mol. The molecule has 2 fully saturated rings. The maximum atomic E-state index is 13.0. The number of fused-ring (bicyclic) bond motifs is 1. The summed E-state index contributed by atoms with van der Waals surface area (Å²) in [6.07, 6.45) is -1.51. The minimum atomic E-state index is -2.29. The van der Waals surface area contributed by atoms with Crippen LogP contribution in [0.5, 0.6) is 0 Å². The smallest absolute Gasteiger partial charge is 0.0872 e. The van der Waals surface area contributed by atoms with Gasteiger partial charge in [-0.1, -0.05) is 13.8 Å². The van der Waals surface area contributed by atoms with Crippen LogP contribution in [0.4, 0.5) is 4.39 Å². The van der Waals surface area contributed by atoms with Crippen molar-refractivity contribution in [2.75, 3.05) is 13.0 Å². The highest BCUT2D eigenvalue weighted by Gasteiger charge is 2.46. The maximum Gasteiger partial charge on any atom is 0.0872 e. The first-order valence-electron chi connectivity index (χ1n) is 8.04. The highest BCUT2D eigenvalue weighted by atomic mass is 19.1. The molecular formula is C12H20FN. The number of hydrogen-bond acceptors (Lipinski definition) is 1. The first-order valence-corrected chi connectivity index (χ1v) is 5.04. The number of rotatable bonds is 2. The van der Waals surface area contributed by atoms with Crippen molar-refractivity contribution in [2.45, 2.75) is 45.0 Å². The zero-order chi connectivity index (χ0) is 15.6. The van der Waals surface area contributed by atoms with E-state index >= 15 is 0 Å². The van der Waals surface area contributed by atoms with Crippen LogP contribution in [0.1, 0.15) is 47.7 Å². The molecule has 1 nitrogen and oxygen atoms in total. The first kappa shape index (κ1) is 5.11. The minimum Gasteiger partial charge on any atom is -0.293 e. The van der Waals surface area contributed by atoms with E-state index in [1.807, 2.05) is 0 Å². The van der Waals surface area contributed by atoms with Crippen molar-refractivity contribution < 1.29 is 12.6 Å². The lowest BCUT2D eigenvalue weighted by atomic mass is 9.84. The second-order valence-corrected chi connectivity index (χ2v) is 4.25. The summed E-state index contributed by atoms with van der Waals surface area (Å²) in [5, 5.41) is 0. The van der Waals surface area contributed by atoms with Crippen LogP contribution in [-0.4, -0.2) is 23.4 Å². The lowest BCUT2D eigenvalue weighted by Gasteiger charge is -2.33. The van der Waals surface area contributed by atoms with Gasteiger partial charge in [-0.25, -0.2) is 4.39 Å². The van der Waals surface area contributed by atoms with Crippen LogP contribution < -0.4 is 0 Å². The Morgan fingerprint density at radius 3 is 3.21 bits per heavy atom. The summed E-state index contributed by atoms with van der Waals surface area (Å²) in [7, 11) is 0. The van der Waals surface area contributed by atoms with E-state index in [0.717, 1.165) is 4.90 Å². The van der Waals surface area contributed by atoms with E-state index in [0.29, 0.717) is 0 Å². The highest BCUT2D eigenvalue weighted by Crippen LogP contribution is 2.45. The zero-order valence-corrected chi connectivity index (χ0v) is 8.60. The summed E-state index contributed by atoms with van der Waals surface area (Å²) in [6.45, 7) is -0.894. The molecule has 0 aromatic heterocycles. The average Bonchev–Trinajstić information content (AvgIpc) is 2.72. The molecule has 80 valence electrons. The predicted molar refractivity (Wildman–Crippen MR) is 56.8 cm³/mol. The summed E-state index contributed by atoms with van der Waals surface area (Å²) in [5.41, 5.74) is -1.50. The molecule has 0 aliphatic carbocycles. The second kappa shape index (κ2) is 3.65. The molecule has 0 bridgehead atoms. The lowest BCUT2D eigenvalue weighted by Crippen LogP contribution is -2.39. The van der Waals surface area contributed by atoms with Crippen LogP contribution in [0.2, 0.25) is 0 Å². The molecule has 0 amide bonds. The Morgan fingerprint density at radius 1 is 1.79 bits per heavy atom. The molecule has 2 saturated heterocycles. The third kappa shape index (κ3) is 1.60. The standard InChI is InChI=1S/C12H20FN/c1-10(2)6-12-4-3-5-14(12)9-11(7-12)8-13/h8,10H,3-7,9H2,1-2H3/b11-8-/t12-/m1/s1/i5D2,6D2,9D2. The quantitative estimate of drug-likeness (QED) is 0.666. The summed E-state index contributed by atoms with van der Waals surface area (Å²) in [6, 6.07) is 0. The fourth-order valence-corrected chi connectivity index (χ4v) is 2.24. The van der Waals surface area contributed by atoms with E-state index in [1.54, 1.807) is 13.8 Å². The Labute approximate surface area is 94.4 Å².